The second kappa shape index (κ2) is 6.51. The lowest BCUT2D eigenvalue weighted by atomic mass is 10.2. The van der Waals surface area contributed by atoms with Crippen molar-refractivity contribution in [1.29, 1.82) is 0 Å². The molecule has 1 aliphatic heterocycles. The Morgan fingerprint density at radius 2 is 2.00 bits per heavy atom. The van der Waals surface area contributed by atoms with Gasteiger partial charge in [-0.25, -0.2) is 14.4 Å². The minimum atomic E-state index is -0.278. The molecule has 0 aliphatic carbocycles. The molecular weight excluding hydrogens is 283 g/mol. The van der Waals surface area contributed by atoms with Crippen LogP contribution in [0.5, 0.6) is 0 Å². The topological polar surface area (TPSA) is 58.1 Å². The molecule has 0 bridgehead atoms. The number of nitrogens with zero attached hydrogens (tertiary/aromatic N) is 3. The molecule has 1 fully saturated rings. The minimum absolute atomic E-state index is 0.0751. The largest absolute Gasteiger partial charge is 0.350 e. The summed E-state index contributed by atoms with van der Waals surface area (Å²) in [6.45, 7) is 1.83. The number of halogens is 1. The summed E-state index contributed by atoms with van der Waals surface area (Å²) in [7, 11) is 0. The Morgan fingerprint density at radius 3 is 2.77 bits per heavy atom. The molecule has 2 aromatic rings. The Labute approximate surface area is 128 Å². The van der Waals surface area contributed by atoms with Crippen LogP contribution in [0.25, 0.3) is 0 Å². The van der Waals surface area contributed by atoms with E-state index in [1.54, 1.807) is 35.4 Å². The monoisotopic (exact) mass is 300 g/mol. The van der Waals surface area contributed by atoms with Crippen molar-refractivity contribution in [2.75, 3.05) is 18.4 Å². The summed E-state index contributed by atoms with van der Waals surface area (Å²) in [6, 6.07) is 8.13. The number of carbonyl (C=O) groups excluding carboxylic acids is 1. The van der Waals surface area contributed by atoms with Crippen molar-refractivity contribution >= 4 is 11.9 Å². The molecule has 0 spiro atoms. The van der Waals surface area contributed by atoms with Crippen LogP contribution in [0.2, 0.25) is 0 Å². The first-order chi connectivity index (χ1) is 10.7. The molecule has 5 nitrogen and oxygen atoms in total. The molecule has 1 amide bonds. The lowest BCUT2D eigenvalue weighted by Gasteiger charge is -2.14. The van der Waals surface area contributed by atoms with Crippen molar-refractivity contribution in [2.24, 2.45) is 0 Å². The van der Waals surface area contributed by atoms with Crippen molar-refractivity contribution in [3.05, 3.63) is 53.6 Å². The van der Waals surface area contributed by atoms with Gasteiger partial charge < -0.3 is 10.2 Å². The van der Waals surface area contributed by atoms with Gasteiger partial charge in [-0.3, -0.25) is 4.79 Å². The van der Waals surface area contributed by atoms with Gasteiger partial charge in [0.1, 0.15) is 11.5 Å². The van der Waals surface area contributed by atoms with Crippen LogP contribution in [0, 0.1) is 5.82 Å². The number of amides is 1. The van der Waals surface area contributed by atoms with E-state index >= 15 is 0 Å². The third-order valence-corrected chi connectivity index (χ3v) is 3.66. The van der Waals surface area contributed by atoms with Crippen molar-refractivity contribution in [3.8, 4) is 0 Å². The van der Waals surface area contributed by atoms with Crippen LogP contribution in [-0.4, -0.2) is 33.9 Å². The van der Waals surface area contributed by atoms with Gasteiger partial charge in [0.15, 0.2) is 0 Å². The first kappa shape index (κ1) is 14.4. The van der Waals surface area contributed by atoms with Gasteiger partial charge in [0.05, 0.1) is 0 Å². The number of aromatic nitrogens is 2. The molecule has 1 saturated heterocycles. The predicted octanol–water partition coefficient (Wildman–Crippen LogP) is 2.46. The number of anilines is 1. The standard InChI is InChI=1S/C16H17FN4O/c17-13-6-2-1-5-12(13)11-19-16-18-8-7-14(20-16)15(22)21-9-3-4-10-21/h1-2,5-8H,3-4,9-11H2,(H,18,19,20). The molecule has 1 aromatic carbocycles. The zero-order chi connectivity index (χ0) is 15.4. The summed E-state index contributed by atoms with van der Waals surface area (Å²) in [5.74, 6) is -0.0264. The molecule has 114 valence electrons. The maximum Gasteiger partial charge on any atom is 0.272 e. The highest BCUT2D eigenvalue weighted by Gasteiger charge is 2.20. The highest BCUT2D eigenvalue weighted by atomic mass is 19.1. The highest BCUT2D eigenvalue weighted by molar-refractivity contribution is 5.92. The van der Waals surface area contributed by atoms with Crippen LogP contribution in [-0.2, 0) is 6.54 Å². The maximum absolute atomic E-state index is 13.6. The minimum Gasteiger partial charge on any atom is -0.350 e. The Bertz CT molecular complexity index is 671. The number of nitrogens with one attached hydrogen (secondary N) is 1. The fourth-order valence-electron chi connectivity index (χ4n) is 2.46. The first-order valence-corrected chi connectivity index (χ1v) is 7.33. The number of carbonyl (C=O) groups is 1. The number of likely N-dealkylation sites (tertiary alicyclic amines) is 1. The van der Waals surface area contributed by atoms with Gasteiger partial charge in [-0.05, 0) is 25.0 Å². The second-order valence-electron chi connectivity index (χ2n) is 5.21. The molecular formula is C16H17FN4O. The fraction of sp³-hybridized carbons (Fsp3) is 0.312. The van der Waals surface area contributed by atoms with Gasteiger partial charge in [-0.1, -0.05) is 18.2 Å². The van der Waals surface area contributed by atoms with Crippen LogP contribution in [0.4, 0.5) is 10.3 Å². The number of benzene rings is 1. The molecule has 1 N–H and O–H groups in total. The Kier molecular flexibility index (Phi) is 4.27. The van der Waals surface area contributed by atoms with Crippen LogP contribution < -0.4 is 5.32 Å². The molecule has 6 heteroatoms. The van der Waals surface area contributed by atoms with Crippen LogP contribution in [0.15, 0.2) is 36.5 Å². The van der Waals surface area contributed by atoms with Gasteiger partial charge in [0.25, 0.3) is 5.91 Å². The van der Waals surface area contributed by atoms with Gasteiger partial charge in [-0.15, -0.1) is 0 Å². The lowest BCUT2D eigenvalue weighted by Crippen LogP contribution is -2.28. The summed E-state index contributed by atoms with van der Waals surface area (Å²) >= 11 is 0. The smallest absolute Gasteiger partial charge is 0.272 e. The van der Waals surface area contributed by atoms with Gasteiger partial charge in [0.2, 0.25) is 5.95 Å². The van der Waals surface area contributed by atoms with E-state index in [2.05, 4.69) is 15.3 Å². The van der Waals surface area contributed by atoms with Crippen molar-refractivity contribution in [1.82, 2.24) is 14.9 Å². The van der Waals surface area contributed by atoms with Crippen molar-refractivity contribution in [3.63, 3.8) is 0 Å². The molecule has 22 heavy (non-hydrogen) atoms. The molecule has 1 aromatic heterocycles. The van der Waals surface area contributed by atoms with Crippen LogP contribution in [0.3, 0.4) is 0 Å². The normalized spacial score (nSPS) is 14.1. The SMILES string of the molecule is O=C(c1ccnc(NCc2ccccc2F)n1)N1CCCC1. The summed E-state index contributed by atoms with van der Waals surface area (Å²) in [4.78, 5) is 22.4. The van der Waals surface area contributed by atoms with Crippen molar-refractivity contribution in [2.45, 2.75) is 19.4 Å². The van der Waals surface area contributed by atoms with E-state index in [0.717, 1.165) is 25.9 Å². The van der Waals surface area contributed by atoms with E-state index in [-0.39, 0.29) is 18.3 Å². The Hall–Kier alpha value is -2.50. The van der Waals surface area contributed by atoms with E-state index in [0.29, 0.717) is 17.2 Å². The predicted molar refractivity (Wildman–Crippen MR) is 80.9 cm³/mol. The molecule has 0 saturated carbocycles. The number of rotatable bonds is 4. The summed E-state index contributed by atoms with van der Waals surface area (Å²) < 4.78 is 13.6. The van der Waals surface area contributed by atoms with Gasteiger partial charge in [0, 0.05) is 31.4 Å². The fourth-order valence-corrected chi connectivity index (χ4v) is 2.46. The first-order valence-electron chi connectivity index (χ1n) is 7.33. The summed E-state index contributed by atoms with van der Waals surface area (Å²) in [5, 5.41) is 2.95. The zero-order valence-electron chi connectivity index (χ0n) is 12.1. The van der Waals surface area contributed by atoms with E-state index in [1.807, 2.05) is 0 Å². The van der Waals surface area contributed by atoms with Crippen molar-refractivity contribution < 1.29 is 9.18 Å². The average Bonchev–Trinajstić information content (AvgIpc) is 3.08. The van der Waals surface area contributed by atoms with E-state index in [4.69, 9.17) is 0 Å². The molecule has 0 radical (unpaired) electrons. The maximum atomic E-state index is 13.6. The third-order valence-electron chi connectivity index (χ3n) is 3.66. The Balaban J connectivity index is 1.68. The zero-order valence-corrected chi connectivity index (χ0v) is 12.1. The van der Waals surface area contributed by atoms with E-state index in [9.17, 15) is 9.18 Å². The third kappa shape index (κ3) is 3.21. The number of hydrogen-bond acceptors (Lipinski definition) is 4. The molecule has 2 heterocycles. The number of hydrogen-bond donors (Lipinski definition) is 1. The summed E-state index contributed by atoms with van der Waals surface area (Å²) in [5.41, 5.74) is 0.898. The Morgan fingerprint density at radius 1 is 1.23 bits per heavy atom. The average molecular weight is 300 g/mol. The van der Waals surface area contributed by atoms with E-state index < -0.39 is 0 Å². The molecule has 1 aliphatic rings. The van der Waals surface area contributed by atoms with Crippen LogP contribution in [0.1, 0.15) is 28.9 Å². The van der Waals surface area contributed by atoms with Gasteiger partial charge in [-0.2, -0.15) is 0 Å². The van der Waals surface area contributed by atoms with E-state index in [1.165, 1.54) is 6.07 Å². The second-order valence-corrected chi connectivity index (χ2v) is 5.21. The van der Waals surface area contributed by atoms with Gasteiger partial charge >= 0.3 is 0 Å². The molecule has 0 atom stereocenters. The van der Waals surface area contributed by atoms with Crippen LogP contribution >= 0.6 is 0 Å². The molecule has 0 unspecified atom stereocenters. The molecule has 3 rings (SSSR count). The highest BCUT2D eigenvalue weighted by Crippen LogP contribution is 2.13. The quantitative estimate of drug-likeness (QED) is 0.942. The summed E-state index contributed by atoms with van der Waals surface area (Å²) in [6.07, 6.45) is 3.62. The lowest BCUT2D eigenvalue weighted by molar-refractivity contribution is 0.0787.